The van der Waals surface area contributed by atoms with Crippen LogP contribution in [0.5, 0.6) is 0 Å². The molecule has 0 atom stereocenters. The van der Waals surface area contributed by atoms with Gasteiger partial charge in [0.05, 0.1) is 13.2 Å². The maximum atomic E-state index is 9.24. The fourth-order valence-electron chi connectivity index (χ4n) is 1.66. The molecular formula is C11H23N3O. The lowest BCUT2D eigenvalue weighted by atomic mass is 9.69. The number of nitrogens with two attached hydrogens (primary N) is 1. The summed E-state index contributed by atoms with van der Waals surface area (Å²) in [4.78, 5) is 4.28. The Morgan fingerprint density at radius 3 is 2.60 bits per heavy atom. The van der Waals surface area contributed by atoms with E-state index in [-0.39, 0.29) is 12.0 Å². The number of guanidine groups is 1. The van der Waals surface area contributed by atoms with Crippen molar-refractivity contribution in [1.29, 1.82) is 0 Å². The van der Waals surface area contributed by atoms with E-state index in [1.807, 2.05) is 0 Å². The SMILES string of the molecule is CC(C)CNC(N)=NCC1(CO)CCC1. The number of aliphatic imine (C=N–C) groups is 1. The zero-order valence-electron chi connectivity index (χ0n) is 9.79. The van der Waals surface area contributed by atoms with Gasteiger partial charge in [-0.2, -0.15) is 0 Å². The normalized spacial score (nSPS) is 20.1. The Kier molecular flexibility index (Phi) is 4.39. The van der Waals surface area contributed by atoms with Gasteiger partial charge < -0.3 is 16.2 Å². The minimum absolute atomic E-state index is 0.0319. The molecule has 4 heteroatoms. The van der Waals surface area contributed by atoms with Crippen LogP contribution in [0.3, 0.4) is 0 Å². The highest BCUT2D eigenvalue weighted by molar-refractivity contribution is 5.77. The average molecular weight is 213 g/mol. The number of hydrogen-bond donors (Lipinski definition) is 3. The minimum Gasteiger partial charge on any atom is -0.396 e. The molecule has 0 aromatic carbocycles. The molecule has 0 radical (unpaired) electrons. The molecule has 1 rings (SSSR count). The summed E-state index contributed by atoms with van der Waals surface area (Å²) in [6, 6.07) is 0. The zero-order valence-corrected chi connectivity index (χ0v) is 9.79. The number of nitrogens with one attached hydrogen (secondary N) is 1. The maximum Gasteiger partial charge on any atom is 0.188 e. The predicted molar refractivity (Wildman–Crippen MR) is 62.7 cm³/mol. The lowest BCUT2D eigenvalue weighted by Crippen LogP contribution is -2.39. The molecule has 1 aliphatic carbocycles. The molecule has 0 aromatic rings. The molecule has 4 nitrogen and oxygen atoms in total. The van der Waals surface area contributed by atoms with Crippen molar-refractivity contribution in [1.82, 2.24) is 5.32 Å². The number of aliphatic hydroxyl groups excluding tert-OH is 1. The molecule has 0 bridgehead atoms. The Morgan fingerprint density at radius 1 is 1.53 bits per heavy atom. The summed E-state index contributed by atoms with van der Waals surface area (Å²) in [7, 11) is 0. The quantitative estimate of drug-likeness (QED) is 0.465. The molecular weight excluding hydrogens is 190 g/mol. The first kappa shape index (κ1) is 12.3. The van der Waals surface area contributed by atoms with Crippen molar-refractivity contribution in [2.24, 2.45) is 22.1 Å². The second-order valence-corrected chi connectivity index (χ2v) is 4.99. The monoisotopic (exact) mass is 213 g/mol. The summed E-state index contributed by atoms with van der Waals surface area (Å²) >= 11 is 0. The summed E-state index contributed by atoms with van der Waals surface area (Å²) in [5, 5.41) is 12.3. The minimum atomic E-state index is 0.0319. The summed E-state index contributed by atoms with van der Waals surface area (Å²) in [5.41, 5.74) is 5.75. The molecule has 0 spiro atoms. The molecule has 0 unspecified atom stereocenters. The van der Waals surface area contributed by atoms with Gasteiger partial charge >= 0.3 is 0 Å². The van der Waals surface area contributed by atoms with Crippen LogP contribution in [-0.4, -0.2) is 30.8 Å². The van der Waals surface area contributed by atoms with Gasteiger partial charge in [0.1, 0.15) is 0 Å². The van der Waals surface area contributed by atoms with Gasteiger partial charge in [0.2, 0.25) is 0 Å². The Hall–Kier alpha value is -0.770. The molecule has 0 aliphatic heterocycles. The van der Waals surface area contributed by atoms with Crippen molar-refractivity contribution in [3.63, 3.8) is 0 Å². The van der Waals surface area contributed by atoms with Crippen molar-refractivity contribution in [3.8, 4) is 0 Å². The number of hydrogen-bond acceptors (Lipinski definition) is 2. The Balaban J connectivity index is 2.29. The maximum absolute atomic E-state index is 9.24. The molecule has 0 amide bonds. The van der Waals surface area contributed by atoms with Crippen LogP contribution in [0.2, 0.25) is 0 Å². The fraction of sp³-hybridized carbons (Fsp3) is 0.909. The van der Waals surface area contributed by atoms with Crippen LogP contribution < -0.4 is 11.1 Å². The van der Waals surface area contributed by atoms with Crippen LogP contribution >= 0.6 is 0 Å². The molecule has 1 fully saturated rings. The highest BCUT2D eigenvalue weighted by Gasteiger charge is 2.36. The third kappa shape index (κ3) is 3.70. The lowest BCUT2D eigenvalue weighted by Gasteiger charge is -2.38. The highest BCUT2D eigenvalue weighted by atomic mass is 16.3. The van der Waals surface area contributed by atoms with E-state index in [1.54, 1.807) is 0 Å². The number of nitrogens with zero attached hydrogens (tertiary/aromatic N) is 1. The highest BCUT2D eigenvalue weighted by Crippen LogP contribution is 2.40. The Morgan fingerprint density at radius 2 is 2.20 bits per heavy atom. The van der Waals surface area contributed by atoms with Gasteiger partial charge in [-0.05, 0) is 18.8 Å². The smallest absolute Gasteiger partial charge is 0.188 e. The van der Waals surface area contributed by atoms with Crippen molar-refractivity contribution in [2.75, 3.05) is 19.7 Å². The van der Waals surface area contributed by atoms with E-state index < -0.39 is 0 Å². The van der Waals surface area contributed by atoms with Crippen molar-refractivity contribution >= 4 is 5.96 Å². The topological polar surface area (TPSA) is 70.6 Å². The Labute approximate surface area is 92.0 Å². The number of aliphatic hydroxyl groups is 1. The van der Waals surface area contributed by atoms with Crippen LogP contribution in [0.4, 0.5) is 0 Å². The molecule has 1 saturated carbocycles. The summed E-state index contributed by atoms with van der Waals surface area (Å²) in [5.74, 6) is 1.07. The van der Waals surface area contributed by atoms with E-state index in [1.165, 1.54) is 6.42 Å². The standard InChI is InChI=1S/C11H23N3O/c1-9(2)6-13-10(12)14-7-11(8-15)4-3-5-11/h9,15H,3-8H2,1-2H3,(H3,12,13,14). The lowest BCUT2D eigenvalue weighted by molar-refractivity contribution is 0.0539. The van der Waals surface area contributed by atoms with Crippen LogP contribution in [0.25, 0.3) is 0 Å². The average Bonchev–Trinajstić information content (AvgIpc) is 2.14. The van der Waals surface area contributed by atoms with E-state index in [2.05, 4.69) is 24.2 Å². The molecule has 88 valence electrons. The van der Waals surface area contributed by atoms with E-state index in [9.17, 15) is 5.11 Å². The predicted octanol–water partition coefficient (Wildman–Crippen LogP) is 0.709. The van der Waals surface area contributed by atoms with E-state index in [0.29, 0.717) is 18.4 Å². The molecule has 15 heavy (non-hydrogen) atoms. The van der Waals surface area contributed by atoms with Gasteiger partial charge in [-0.25, -0.2) is 0 Å². The van der Waals surface area contributed by atoms with E-state index >= 15 is 0 Å². The second-order valence-electron chi connectivity index (χ2n) is 4.99. The van der Waals surface area contributed by atoms with Crippen LogP contribution in [0.1, 0.15) is 33.1 Å². The van der Waals surface area contributed by atoms with Gasteiger partial charge in [0.15, 0.2) is 5.96 Å². The van der Waals surface area contributed by atoms with Crippen LogP contribution in [0, 0.1) is 11.3 Å². The first-order chi connectivity index (χ1) is 7.08. The summed E-state index contributed by atoms with van der Waals surface area (Å²) in [6.45, 7) is 5.98. The Bertz CT molecular complexity index is 216. The van der Waals surface area contributed by atoms with E-state index in [4.69, 9.17) is 5.73 Å². The third-order valence-electron chi connectivity index (χ3n) is 3.03. The molecule has 0 heterocycles. The molecule has 0 aromatic heterocycles. The van der Waals surface area contributed by atoms with Crippen molar-refractivity contribution in [2.45, 2.75) is 33.1 Å². The van der Waals surface area contributed by atoms with Crippen LogP contribution in [-0.2, 0) is 0 Å². The van der Waals surface area contributed by atoms with Gasteiger partial charge in [-0.15, -0.1) is 0 Å². The van der Waals surface area contributed by atoms with E-state index in [0.717, 1.165) is 19.4 Å². The van der Waals surface area contributed by atoms with Crippen LogP contribution in [0.15, 0.2) is 4.99 Å². The molecule has 1 aliphatic rings. The van der Waals surface area contributed by atoms with Crippen molar-refractivity contribution < 1.29 is 5.11 Å². The fourth-order valence-corrected chi connectivity index (χ4v) is 1.66. The van der Waals surface area contributed by atoms with Gasteiger partial charge in [-0.1, -0.05) is 20.3 Å². The summed E-state index contributed by atoms with van der Waals surface area (Å²) in [6.07, 6.45) is 3.35. The first-order valence-electron chi connectivity index (χ1n) is 5.73. The summed E-state index contributed by atoms with van der Waals surface area (Å²) < 4.78 is 0. The van der Waals surface area contributed by atoms with Gasteiger partial charge in [0.25, 0.3) is 0 Å². The first-order valence-corrected chi connectivity index (χ1v) is 5.73. The second kappa shape index (κ2) is 5.35. The van der Waals surface area contributed by atoms with Gasteiger partial charge in [-0.3, -0.25) is 4.99 Å². The number of rotatable bonds is 5. The third-order valence-corrected chi connectivity index (χ3v) is 3.03. The molecule has 4 N–H and O–H groups in total. The largest absolute Gasteiger partial charge is 0.396 e. The van der Waals surface area contributed by atoms with Gasteiger partial charge in [0, 0.05) is 12.0 Å². The van der Waals surface area contributed by atoms with Crippen molar-refractivity contribution in [3.05, 3.63) is 0 Å². The zero-order chi connectivity index (χ0) is 11.3. The molecule has 0 saturated heterocycles.